The van der Waals surface area contributed by atoms with Gasteiger partial charge in [0, 0.05) is 33.1 Å². The number of benzene rings is 1. The van der Waals surface area contributed by atoms with Crippen molar-refractivity contribution in [3.8, 4) is 5.69 Å². The highest BCUT2D eigenvalue weighted by molar-refractivity contribution is 5.91. The van der Waals surface area contributed by atoms with E-state index in [2.05, 4.69) is 25.1 Å². The first-order valence-corrected chi connectivity index (χ1v) is 9.56. The van der Waals surface area contributed by atoms with Crippen LogP contribution in [-0.4, -0.2) is 62.7 Å². The molecule has 0 radical (unpaired) electrons. The van der Waals surface area contributed by atoms with Crippen LogP contribution in [0.1, 0.15) is 35.1 Å². The van der Waals surface area contributed by atoms with E-state index in [-0.39, 0.29) is 17.5 Å². The standard InChI is InChI=1S/C20H23N7O2/c1-25(2)19(28)16-11-21-12-17(22-16)26-10-6-7-14(13-26)18-23-24-20(29)27(18)15-8-4-3-5-9-15/h3-5,8-9,11-12,14H,6-7,10,13H2,1-2H3,(H,24,29)/t14-/m1/s1. The van der Waals surface area contributed by atoms with Crippen molar-refractivity contribution in [3.05, 3.63) is 64.7 Å². The fourth-order valence-corrected chi connectivity index (χ4v) is 3.65. The highest BCUT2D eigenvalue weighted by Gasteiger charge is 2.28. The Balaban J connectivity index is 1.62. The monoisotopic (exact) mass is 393 g/mol. The van der Waals surface area contributed by atoms with Gasteiger partial charge in [0.2, 0.25) is 0 Å². The maximum absolute atomic E-state index is 12.4. The number of carbonyl (C=O) groups excluding carboxylic acids is 1. The minimum Gasteiger partial charge on any atom is -0.355 e. The average molecular weight is 393 g/mol. The third kappa shape index (κ3) is 3.75. The molecule has 9 nitrogen and oxygen atoms in total. The number of amides is 1. The summed E-state index contributed by atoms with van der Waals surface area (Å²) in [4.78, 5) is 36.9. The summed E-state index contributed by atoms with van der Waals surface area (Å²) in [5, 5.41) is 6.90. The van der Waals surface area contributed by atoms with Gasteiger partial charge in [0.05, 0.1) is 18.1 Å². The van der Waals surface area contributed by atoms with Crippen LogP contribution in [0, 0.1) is 0 Å². The molecule has 1 atom stereocenters. The van der Waals surface area contributed by atoms with Crippen molar-refractivity contribution in [2.45, 2.75) is 18.8 Å². The number of hydrogen-bond donors (Lipinski definition) is 1. The zero-order valence-corrected chi connectivity index (χ0v) is 16.4. The highest BCUT2D eigenvalue weighted by atomic mass is 16.2. The van der Waals surface area contributed by atoms with Crippen LogP contribution in [0.15, 0.2) is 47.5 Å². The van der Waals surface area contributed by atoms with Gasteiger partial charge in [-0.05, 0) is 25.0 Å². The van der Waals surface area contributed by atoms with E-state index in [1.54, 1.807) is 24.9 Å². The molecule has 0 bridgehead atoms. The summed E-state index contributed by atoms with van der Waals surface area (Å²) in [6.07, 6.45) is 4.99. The molecule has 0 spiro atoms. The number of aromatic amines is 1. The van der Waals surface area contributed by atoms with Gasteiger partial charge < -0.3 is 9.80 Å². The molecule has 9 heteroatoms. The summed E-state index contributed by atoms with van der Waals surface area (Å²) in [6, 6.07) is 9.49. The Morgan fingerprint density at radius 1 is 1.21 bits per heavy atom. The smallest absolute Gasteiger partial charge is 0.347 e. The summed E-state index contributed by atoms with van der Waals surface area (Å²) < 4.78 is 1.63. The van der Waals surface area contributed by atoms with E-state index < -0.39 is 0 Å². The van der Waals surface area contributed by atoms with Crippen LogP contribution in [0.2, 0.25) is 0 Å². The number of carbonyl (C=O) groups is 1. The molecule has 29 heavy (non-hydrogen) atoms. The predicted molar refractivity (Wildman–Crippen MR) is 108 cm³/mol. The Morgan fingerprint density at radius 2 is 2.00 bits per heavy atom. The zero-order valence-electron chi connectivity index (χ0n) is 16.4. The molecule has 0 saturated carbocycles. The van der Waals surface area contributed by atoms with Gasteiger partial charge in [-0.15, -0.1) is 0 Å². The van der Waals surface area contributed by atoms with Gasteiger partial charge in [0.1, 0.15) is 17.3 Å². The molecule has 1 N–H and O–H groups in total. The van der Waals surface area contributed by atoms with E-state index in [9.17, 15) is 9.59 Å². The van der Waals surface area contributed by atoms with Gasteiger partial charge >= 0.3 is 5.69 Å². The van der Waals surface area contributed by atoms with Crippen LogP contribution in [0.25, 0.3) is 5.69 Å². The largest absolute Gasteiger partial charge is 0.355 e. The van der Waals surface area contributed by atoms with E-state index in [1.807, 2.05) is 30.3 Å². The quantitative estimate of drug-likeness (QED) is 0.720. The van der Waals surface area contributed by atoms with Crippen molar-refractivity contribution >= 4 is 11.7 Å². The van der Waals surface area contributed by atoms with Crippen LogP contribution in [0.4, 0.5) is 5.82 Å². The number of aromatic nitrogens is 5. The molecular weight excluding hydrogens is 370 g/mol. The van der Waals surface area contributed by atoms with Crippen LogP contribution in [0.5, 0.6) is 0 Å². The Morgan fingerprint density at radius 3 is 2.76 bits per heavy atom. The average Bonchev–Trinajstić information content (AvgIpc) is 3.15. The number of anilines is 1. The Kier molecular flexibility index (Phi) is 5.11. The molecule has 1 aromatic carbocycles. The lowest BCUT2D eigenvalue weighted by atomic mass is 9.97. The van der Waals surface area contributed by atoms with Crippen molar-refractivity contribution in [3.63, 3.8) is 0 Å². The highest BCUT2D eigenvalue weighted by Crippen LogP contribution is 2.28. The SMILES string of the molecule is CN(C)C(=O)c1cncc(N2CCC[C@@H](c3n[nH]c(=O)n3-c3ccccc3)C2)n1. The second-order valence-corrected chi connectivity index (χ2v) is 7.31. The van der Waals surface area contributed by atoms with Crippen molar-refractivity contribution in [2.75, 3.05) is 32.1 Å². The third-order valence-electron chi connectivity index (χ3n) is 5.07. The molecule has 1 amide bonds. The lowest BCUT2D eigenvalue weighted by Crippen LogP contribution is -2.37. The Hall–Kier alpha value is -3.49. The number of nitrogens with zero attached hydrogens (tertiary/aromatic N) is 6. The minimum absolute atomic E-state index is 0.0536. The number of hydrogen-bond acceptors (Lipinski definition) is 6. The summed E-state index contributed by atoms with van der Waals surface area (Å²) in [6.45, 7) is 1.45. The molecule has 150 valence electrons. The lowest BCUT2D eigenvalue weighted by Gasteiger charge is -2.33. The van der Waals surface area contributed by atoms with E-state index >= 15 is 0 Å². The molecule has 3 heterocycles. The molecule has 0 unspecified atom stereocenters. The van der Waals surface area contributed by atoms with Crippen molar-refractivity contribution in [1.29, 1.82) is 0 Å². The third-order valence-corrected chi connectivity index (χ3v) is 5.07. The van der Waals surface area contributed by atoms with Crippen LogP contribution in [-0.2, 0) is 0 Å². The Labute approximate surface area is 168 Å². The normalized spacial score (nSPS) is 16.6. The van der Waals surface area contributed by atoms with Gasteiger partial charge in [0.25, 0.3) is 5.91 Å². The van der Waals surface area contributed by atoms with Gasteiger partial charge in [0.15, 0.2) is 0 Å². The van der Waals surface area contributed by atoms with E-state index in [0.29, 0.717) is 23.9 Å². The fraction of sp³-hybridized carbons (Fsp3) is 0.350. The molecule has 3 aromatic rings. The molecule has 1 aliphatic rings. The summed E-state index contributed by atoms with van der Waals surface area (Å²) in [5.74, 6) is 1.24. The van der Waals surface area contributed by atoms with Crippen LogP contribution in [0.3, 0.4) is 0 Å². The van der Waals surface area contributed by atoms with E-state index in [1.165, 1.54) is 11.1 Å². The van der Waals surface area contributed by atoms with Crippen LogP contribution >= 0.6 is 0 Å². The number of para-hydroxylation sites is 1. The predicted octanol–water partition coefficient (Wildman–Crippen LogP) is 1.44. The summed E-state index contributed by atoms with van der Waals surface area (Å²) in [7, 11) is 3.38. The van der Waals surface area contributed by atoms with Crippen molar-refractivity contribution in [1.82, 2.24) is 29.6 Å². The minimum atomic E-state index is -0.248. The molecule has 1 aliphatic heterocycles. The molecule has 1 fully saturated rings. The lowest BCUT2D eigenvalue weighted by molar-refractivity contribution is 0.0821. The molecule has 1 saturated heterocycles. The maximum Gasteiger partial charge on any atom is 0.347 e. The first-order valence-electron chi connectivity index (χ1n) is 9.56. The van der Waals surface area contributed by atoms with Gasteiger partial charge in [-0.3, -0.25) is 9.78 Å². The molecule has 0 aliphatic carbocycles. The molecular formula is C20H23N7O2. The molecule has 4 rings (SSSR count). The number of H-pyrrole nitrogens is 1. The number of rotatable bonds is 4. The van der Waals surface area contributed by atoms with E-state index in [0.717, 1.165) is 25.1 Å². The van der Waals surface area contributed by atoms with Crippen molar-refractivity contribution < 1.29 is 4.79 Å². The van der Waals surface area contributed by atoms with Gasteiger partial charge in [-0.1, -0.05) is 18.2 Å². The van der Waals surface area contributed by atoms with Gasteiger partial charge in [-0.2, -0.15) is 5.10 Å². The summed E-state index contributed by atoms with van der Waals surface area (Å²) in [5.41, 5.74) is 0.856. The first kappa shape index (κ1) is 18.9. The maximum atomic E-state index is 12.4. The Bertz CT molecular complexity index is 1060. The zero-order chi connectivity index (χ0) is 20.4. The van der Waals surface area contributed by atoms with Crippen molar-refractivity contribution in [2.24, 2.45) is 0 Å². The first-order chi connectivity index (χ1) is 14.0. The topological polar surface area (TPSA) is 100 Å². The van der Waals surface area contributed by atoms with E-state index in [4.69, 9.17) is 0 Å². The second kappa shape index (κ2) is 7.86. The van der Waals surface area contributed by atoms with Gasteiger partial charge in [-0.25, -0.2) is 19.4 Å². The fourth-order valence-electron chi connectivity index (χ4n) is 3.65. The number of nitrogens with one attached hydrogen (secondary N) is 1. The second-order valence-electron chi connectivity index (χ2n) is 7.31. The van der Waals surface area contributed by atoms with Crippen LogP contribution < -0.4 is 10.6 Å². The summed E-state index contributed by atoms with van der Waals surface area (Å²) >= 11 is 0. The molecule has 2 aromatic heterocycles. The number of piperidine rings is 1.